The van der Waals surface area contributed by atoms with Gasteiger partial charge in [0.1, 0.15) is 11.2 Å². The Labute approximate surface area is 358 Å². The molecule has 272 valence electrons. The van der Waals surface area contributed by atoms with E-state index in [-0.39, 0.29) is 11.3 Å². The van der Waals surface area contributed by atoms with E-state index in [1.165, 1.54) is 4.90 Å². The first-order valence-electron chi connectivity index (χ1n) is 26.1. The highest BCUT2D eigenvalue weighted by Gasteiger charge is 2.19. The van der Waals surface area contributed by atoms with Crippen molar-refractivity contribution in [2.75, 3.05) is 4.90 Å². The molecular weight excluding hydrogens is 703 g/mol. The summed E-state index contributed by atoms with van der Waals surface area (Å²) in [6.45, 7) is 0. The third-order valence-electron chi connectivity index (χ3n) is 10.3. The molecule has 0 N–H and O–H groups in total. The second-order valence-electron chi connectivity index (χ2n) is 13.7. The summed E-state index contributed by atoms with van der Waals surface area (Å²) >= 11 is 0. The molecule has 0 atom stereocenters. The van der Waals surface area contributed by atoms with E-state index in [2.05, 4.69) is 0 Å². The quantitative estimate of drug-likeness (QED) is 0.161. The molecule has 1 aromatic heterocycles. The molecule has 2 nitrogen and oxygen atoms in total. The Morgan fingerprint density at radius 3 is 1.81 bits per heavy atom. The highest BCUT2D eigenvalue weighted by Crippen LogP contribution is 2.44. The van der Waals surface area contributed by atoms with Gasteiger partial charge in [0.2, 0.25) is 0 Å². The van der Waals surface area contributed by atoms with Crippen LogP contribution in [-0.2, 0) is 0 Å². The van der Waals surface area contributed by atoms with Crippen LogP contribution in [0.1, 0.15) is 20.6 Å². The van der Waals surface area contributed by atoms with Gasteiger partial charge in [-0.1, -0.05) is 176 Å². The van der Waals surface area contributed by atoms with Gasteiger partial charge in [-0.2, -0.15) is 0 Å². The molecule has 1 heterocycles. The second kappa shape index (κ2) is 14.1. The number of rotatable bonds is 7. The molecular formula is C56H37NO. The molecule has 0 aliphatic carbocycles. The molecule has 0 spiro atoms. The van der Waals surface area contributed by atoms with Crippen LogP contribution in [0.2, 0.25) is 0 Å². The monoisotopic (exact) mass is 754 g/mol. The van der Waals surface area contributed by atoms with Gasteiger partial charge in [-0.25, -0.2) is 0 Å². The van der Waals surface area contributed by atoms with Crippen LogP contribution in [0.4, 0.5) is 17.1 Å². The summed E-state index contributed by atoms with van der Waals surface area (Å²) < 4.78 is 144. The Morgan fingerprint density at radius 2 is 1.00 bits per heavy atom. The van der Waals surface area contributed by atoms with Crippen LogP contribution in [0.3, 0.4) is 0 Å². The lowest BCUT2D eigenvalue weighted by atomic mass is 9.97. The van der Waals surface area contributed by atoms with E-state index in [1.54, 1.807) is 48.5 Å². The van der Waals surface area contributed by atoms with Crippen LogP contribution in [0.5, 0.6) is 0 Å². The maximum Gasteiger partial charge on any atom is 0.143 e. The van der Waals surface area contributed by atoms with Gasteiger partial charge in [-0.3, -0.25) is 0 Å². The maximum atomic E-state index is 9.78. The minimum atomic E-state index is -0.804. The number of hydrogen-bond donors (Lipinski definition) is 0. The lowest BCUT2D eigenvalue weighted by molar-refractivity contribution is 0.672. The van der Waals surface area contributed by atoms with Crippen molar-refractivity contribution in [1.82, 2.24) is 0 Å². The highest BCUT2D eigenvalue weighted by atomic mass is 16.3. The van der Waals surface area contributed by atoms with Gasteiger partial charge in [0.15, 0.2) is 0 Å². The van der Waals surface area contributed by atoms with E-state index in [9.17, 15) is 11.0 Å². The molecule has 0 aliphatic heterocycles. The first kappa shape index (κ1) is 21.6. The van der Waals surface area contributed by atoms with Crippen molar-refractivity contribution in [2.45, 2.75) is 0 Å². The van der Waals surface area contributed by atoms with Crippen LogP contribution in [-0.4, -0.2) is 0 Å². The number of nitrogens with zero attached hydrogens (tertiary/aromatic N) is 1. The molecule has 0 fully saturated rings. The fourth-order valence-corrected chi connectivity index (χ4v) is 7.50. The van der Waals surface area contributed by atoms with E-state index in [4.69, 9.17) is 14.0 Å². The highest BCUT2D eigenvalue weighted by molar-refractivity contribution is 6.15. The summed E-state index contributed by atoms with van der Waals surface area (Å²) in [5, 5.41) is 2.61. The minimum Gasteiger partial charge on any atom is -0.455 e. The zero-order valence-electron chi connectivity index (χ0n) is 45.6. The van der Waals surface area contributed by atoms with Gasteiger partial charge in [0.25, 0.3) is 0 Å². The summed E-state index contributed by atoms with van der Waals surface area (Å²) in [6.07, 6.45) is 0. The Morgan fingerprint density at radius 1 is 0.362 bits per heavy atom. The van der Waals surface area contributed by atoms with Crippen LogP contribution < -0.4 is 4.90 Å². The number of furan rings is 1. The van der Waals surface area contributed by atoms with E-state index in [0.717, 1.165) is 32.7 Å². The molecule has 0 saturated heterocycles. The summed E-state index contributed by atoms with van der Waals surface area (Å²) in [7, 11) is 0. The van der Waals surface area contributed by atoms with Gasteiger partial charge in [0.05, 0.1) is 26.2 Å². The number of fused-ring (bicyclic) bond motifs is 6. The van der Waals surface area contributed by atoms with E-state index >= 15 is 0 Å². The SMILES string of the molecule is [2H]c1c([2H])c(N(c2ccccc2-c2ccc3oc4c5ccccc5ccc4c3c2)c2c([2H])c([2H])c(-c3c([2H])c([2H])c([2H])c4c([2H])c([2H])c([2H])c([2H])c34)c([2H])c2[2H])c([2H])c([2H])c1-c1ccc(-c2ccccc2)cc1. The number of anilines is 3. The van der Waals surface area contributed by atoms with Crippen molar-refractivity contribution in [3.05, 3.63) is 224 Å². The average Bonchev–Trinajstić information content (AvgIpc) is 3.79. The van der Waals surface area contributed by atoms with Crippen LogP contribution >= 0.6 is 0 Å². The second-order valence-corrected chi connectivity index (χ2v) is 13.7. The molecule has 58 heavy (non-hydrogen) atoms. The molecule has 10 aromatic carbocycles. The standard InChI is InChI=1S/C56H37NO/c1-2-11-38(12-3-1)39-21-23-40(24-22-39)41-25-31-46(32-26-41)57(47-33-27-44(28-34-47)49-19-10-15-42-13-4-6-16-48(42)49)54-20-9-8-17-50(54)45-30-36-55-53(37-45)52-35-29-43-14-5-7-18-51(43)56(52)58-55/h1-37H/i4D,6D,10D,13D,15D,16D,19D,25D,26D,27D,28D,31D,32D,33D,34D. The molecule has 0 bridgehead atoms. The molecule has 0 unspecified atom stereocenters. The van der Waals surface area contributed by atoms with E-state index in [0.29, 0.717) is 27.9 Å². The van der Waals surface area contributed by atoms with Crippen LogP contribution in [0, 0.1) is 0 Å². The zero-order chi connectivity index (χ0) is 51.5. The smallest absolute Gasteiger partial charge is 0.143 e. The first-order chi connectivity index (χ1) is 35.0. The molecule has 0 aliphatic rings. The Bertz CT molecular complexity index is 4090. The summed E-state index contributed by atoms with van der Waals surface area (Å²) in [6, 6.07) is 30.5. The van der Waals surface area contributed by atoms with Crippen LogP contribution in [0.25, 0.3) is 88.0 Å². The van der Waals surface area contributed by atoms with Crippen molar-refractivity contribution in [2.24, 2.45) is 0 Å². The lowest BCUT2D eigenvalue weighted by Crippen LogP contribution is -2.11. The van der Waals surface area contributed by atoms with Gasteiger partial charge in [-0.15, -0.1) is 0 Å². The van der Waals surface area contributed by atoms with Crippen molar-refractivity contribution in [3.63, 3.8) is 0 Å². The van der Waals surface area contributed by atoms with Crippen molar-refractivity contribution in [1.29, 1.82) is 0 Å². The van der Waals surface area contributed by atoms with Crippen molar-refractivity contribution >= 4 is 60.5 Å². The van der Waals surface area contributed by atoms with Crippen molar-refractivity contribution < 1.29 is 25.0 Å². The van der Waals surface area contributed by atoms with Crippen molar-refractivity contribution in [3.8, 4) is 44.5 Å². The third kappa shape index (κ3) is 5.91. The predicted molar refractivity (Wildman–Crippen MR) is 245 cm³/mol. The summed E-state index contributed by atoms with van der Waals surface area (Å²) in [5.41, 5.74) is 2.57. The Balaban J connectivity index is 1.19. The fraction of sp³-hybridized carbons (Fsp3) is 0. The summed E-state index contributed by atoms with van der Waals surface area (Å²) in [5.74, 6) is 0. The number of hydrogen-bond acceptors (Lipinski definition) is 2. The number of para-hydroxylation sites is 1. The first-order valence-corrected chi connectivity index (χ1v) is 18.6. The molecule has 11 rings (SSSR count). The molecule has 0 amide bonds. The van der Waals surface area contributed by atoms with Gasteiger partial charge < -0.3 is 9.32 Å². The molecule has 2 heteroatoms. The third-order valence-corrected chi connectivity index (χ3v) is 10.3. The fourth-order valence-electron chi connectivity index (χ4n) is 7.50. The Kier molecular flexibility index (Phi) is 5.25. The molecule has 0 saturated carbocycles. The average molecular weight is 755 g/mol. The predicted octanol–water partition coefficient (Wildman–Crippen LogP) is 16.0. The van der Waals surface area contributed by atoms with Crippen LogP contribution in [0.15, 0.2) is 229 Å². The van der Waals surface area contributed by atoms with E-state index in [1.807, 2.05) is 84.9 Å². The van der Waals surface area contributed by atoms with Gasteiger partial charge >= 0.3 is 0 Å². The van der Waals surface area contributed by atoms with Gasteiger partial charge in [0, 0.05) is 33.1 Å². The van der Waals surface area contributed by atoms with Gasteiger partial charge in [-0.05, 0) is 104 Å². The minimum absolute atomic E-state index is 0.0187. The molecule has 11 aromatic rings. The van der Waals surface area contributed by atoms with E-state index < -0.39 is 124 Å². The topological polar surface area (TPSA) is 16.4 Å². The summed E-state index contributed by atoms with van der Waals surface area (Å²) in [4.78, 5) is 1.18. The lowest BCUT2D eigenvalue weighted by Gasteiger charge is -2.28. The maximum absolute atomic E-state index is 9.78. The largest absolute Gasteiger partial charge is 0.455 e. The zero-order valence-corrected chi connectivity index (χ0v) is 30.6. The Hall–Kier alpha value is -7.68. The number of benzene rings is 10. The molecule has 0 radical (unpaired) electrons. The normalized spacial score (nSPS) is 15.1.